The van der Waals surface area contributed by atoms with Crippen LogP contribution in [0.2, 0.25) is 0 Å². The number of Topliss-reactive ketones (excluding diaryl/α,β-unsaturated/α-hetero) is 1. The van der Waals surface area contributed by atoms with Gasteiger partial charge in [-0.1, -0.05) is 42.0 Å². The van der Waals surface area contributed by atoms with Crippen LogP contribution in [0.1, 0.15) is 30.1 Å². The molecule has 4 heteroatoms. The number of ketones is 1. The fourth-order valence-corrected chi connectivity index (χ4v) is 2.51. The zero-order chi connectivity index (χ0) is 14.0. The molecule has 0 fully saturated rings. The number of carbonyl (C=O) groups excluding carboxylic acids is 1. The van der Waals surface area contributed by atoms with Crippen LogP contribution in [0.15, 0.2) is 42.0 Å². The summed E-state index contributed by atoms with van der Waals surface area (Å²) >= 11 is 0. The van der Waals surface area contributed by atoms with Crippen LogP contribution in [0.3, 0.4) is 0 Å². The summed E-state index contributed by atoms with van der Waals surface area (Å²) in [6, 6.07) is 8.21. The van der Waals surface area contributed by atoms with Gasteiger partial charge in [0.15, 0.2) is 5.78 Å². The second kappa shape index (κ2) is 5.19. The van der Waals surface area contributed by atoms with E-state index in [9.17, 15) is 18.0 Å². The Morgan fingerprint density at radius 1 is 1.21 bits per heavy atom. The molecule has 19 heavy (non-hydrogen) atoms. The average molecular weight is 268 g/mol. The van der Waals surface area contributed by atoms with E-state index in [4.69, 9.17) is 0 Å². The van der Waals surface area contributed by atoms with E-state index in [1.54, 1.807) is 43.3 Å². The Bertz CT molecular complexity index is 488. The predicted molar refractivity (Wildman–Crippen MR) is 66.8 cm³/mol. The Hall–Kier alpha value is -1.58. The molecular weight excluding hydrogens is 253 g/mol. The lowest BCUT2D eigenvalue weighted by Gasteiger charge is -2.31. The number of hydrogen-bond donors (Lipinski definition) is 0. The molecule has 1 aromatic carbocycles. The highest BCUT2D eigenvalue weighted by molar-refractivity contribution is 5.98. The molecule has 0 amide bonds. The van der Waals surface area contributed by atoms with E-state index in [-0.39, 0.29) is 12.8 Å². The van der Waals surface area contributed by atoms with Crippen LogP contribution >= 0.6 is 0 Å². The average Bonchev–Trinajstić information content (AvgIpc) is 2.38. The Morgan fingerprint density at radius 3 is 2.42 bits per heavy atom. The molecule has 2 rings (SSSR count). The molecule has 102 valence electrons. The van der Waals surface area contributed by atoms with Gasteiger partial charge in [-0.15, -0.1) is 0 Å². The molecule has 0 N–H and O–H groups in total. The van der Waals surface area contributed by atoms with Gasteiger partial charge in [-0.05, 0) is 19.8 Å². The molecule has 0 spiro atoms. The van der Waals surface area contributed by atoms with Crippen LogP contribution in [0, 0.1) is 11.8 Å². The summed E-state index contributed by atoms with van der Waals surface area (Å²) in [4.78, 5) is 12.2. The van der Waals surface area contributed by atoms with Crippen molar-refractivity contribution < 1.29 is 18.0 Å². The van der Waals surface area contributed by atoms with Gasteiger partial charge in [0.1, 0.15) is 0 Å². The smallest absolute Gasteiger partial charge is 0.294 e. The first kappa shape index (κ1) is 13.8. The number of allylic oxidation sites excluding steroid dienone is 2. The van der Waals surface area contributed by atoms with Crippen LogP contribution in [0.4, 0.5) is 13.2 Å². The van der Waals surface area contributed by atoms with Crippen molar-refractivity contribution in [3.05, 3.63) is 47.5 Å². The number of halogens is 3. The van der Waals surface area contributed by atoms with Gasteiger partial charge in [0.25, 0.3) is 0 Å². The van der Waals surface area contributed by atoms with Gasteiger partial charge in [-0.2, -0.15) is 13.2 Å². The van der Waals surface area contributed by atoms with Crippen molar-refractivity contribution >= 4 is 5.78 Å². The van der Waals surface area contributed by atoms with E-state index < -0.39 is 23.8 Å². The van der Waals surface area contributed by atoms with E-state index in [1.807, 2.05) is 0 Å². The summed E-state index contributed by atoms with van der Waals surface area (Å²) in [5.74, 6) is -2.97. The molecule has 0 heterocycles. The fourth-order valence-electron chi connectivity index (χ4n) is 2.51. The van der Waals surface area contributed by atoms with Crippen molar-refractivity contribution in [1.29, 1.82) is 0 Å². The van der Waals surface area contributed by atoms with Crippen LogP contribution in [0.25, 0.3) is 0 Å². The second-order valence-corrected chi connectivity index (χ2v) is 4.98. The molecule has 0 bridgehead atoms. The molecule has 1 aliphatic carbocycles. The minimum atomic E-state index is -4.33. The third-order valence-electron chi connectivity index (χ3n) is 3.56. The van der Waals surface area contributed by atoms with Gasteiger partial charge in [-0.3, -0.25) is 4.79 Å². The van der Waals surface area contributed by atoms with Crippen LogP contribution in [-0.2, 0) is 0 Å². The van der Waals surface area contributed by atoms with Crippen molar-refractivity contribution in [2.24, 2.45) is 11.8 Å². The summed E-state index contributed by atoms with van der Waals surface area (Å²) in [6.45, 7) is 1.68. The van der Waals surface area contributed by atoms with Gasteiger partial charge >= 0.3 is 6.18 Å². The predicted octanol–water partition coefficient (Wildman–Crippen LogP) is 4.40. The van der Waals surface area contributed by atoms with Gasteiger partial charge in [0, 0.05) is 11.5 Å². The van der Waals surface area contributed by atoms with E-state index in [0.717, 1.165) is 0 Å². The number of hydrogen-bond acceptors (Lipinski definition) is 1. The molecule has 1 aromatic rings. The molecule has 0 unspecified atom stereocenters. The normalized spacial score (nSPS) is 23.9. The van der Waals surface area contributed by atoms with Gasteiger partial charge in [0.05, 0.1) is 5.92 Å². The van der Waals surface area contributed by atoms with Gasteiger partial charge in [0.2, 0.25) is 0 Å². The lowest BCUT2D eigenvalue weighted by Crippen LogP contribution is -2.36. The second-order valence-electron chi connectivity index (χ2n) is 4.98. The molecule has 1 nitrogen and oxygen atoms in total. The summed E-state index contributed by atoms with van der Waals surface area (Å²) < 4.78 is 39.2. The maximum atomic E-state index is 13.1. The van der Waals surface area contributed by atoms with Crippen molar-refractivity contribution in [3.8, 4) is 0 Å². The molecule has 0 aliphatic heterocycles. The topological polar surface area (TPSA) is 17.1 Å². The van der Waals surface area contributed by atoms with E-state index >= 15 is 0 Å². The Morgan fingerprint density at radius 2 is 1.84 bits per heavy atom. The molecule has 0 saturated heterocycles. The summed E-state index contributed by atoms with van der Waals surface area (Å²) in [5, 5.41) is 0. The Labute approximate surface area is 110 Å². The first-order chi connectivity index (χ1) is 8.89. The molecule has 1 aliphatic rings. The van der Waals surface area contributed by atoms with Crippen molar-refractivity contribution in [3.63, 3.8) is 0 Å². The first-order valence-corrected chi connectivity index (χ1v) is 6.21. The summed E-state index contributed by atoms with van der Waals surface area (Å²) in [5.41, 5.74) is 1.06. The zero-order valence-corrected chi connectivity index (χ0v) is 10.6. The molecule has 2 atom stereocenters. The summed E-state index contributed by atoms with van der Waals surface area (Å²) in [7, 11) is 0. The highest BCUT2D eigenvalue weighted by Gasteiger charge is 2.47. The number of rotatable bonds is 2. The number of alkyl halides is 3. The largest absolute Gasteiger partial charge is 0.392 e. The highest BCUT2D eigenvalue weighted by Crippen LogP contribution is 2.42. The molecular formula is C15H15F3O. The SMILES string of the molecule is CC1=CC[C@H](C(=O)c2ccccc2)[C@@H](C(F)(F)F)C1. The van der Waals surface area contributed by atoms with Gasteiger partial charge < -0.3 is 0 Å². The van der Waals surface area contributed by atoms with E-state index in [1.165, 1.54) is 0 Å². The Kier molecular flexibility index (Phi) is 3.78. The Balaban J connectivity index is 2.29. The lowest BCUT2D eigenvalue weighted by molar-refractivity contribution is -0.185. The van der Waals surface area contributed by atoms with Crippen LogP contribution in [-0.4, -0.2) is 12.0 Å². The standard InChI is InChI=1S/C15H15F3O/c1-10-7-8-12(13(9-10)15(16,17)18)14(19)11-5-3-2-4-6-11/h2-7,12-13H,8-9H2,1H3/t12-,13-/m0/s1. The third-order valence-corrected chi connectivity index (χ3v) is 3.56. The summed E-state index contributed by atoms with van der Waals surface area (Å²) in [6.07, 6.45) is -2.49. The van der Waals surface area contributed by atoms with Crippen molar-refractivity contribution in [2.45, 2.75) is 25.9 Å². The van der Waals surface area contributed by atoms with E-state index in [2.05, 4.69) is 0 Å². The number of benzene rings is 1. The van der Waals surface area contributed by atoms with Gasteiger partial charge in [-0.25, -0.2) is 0 Å². The quantitative estimate of drug-likeness (QED) is 0.573. The maximum Gasteiger partial charge on any atom is 0.392 e. The molecule has 0 radical (unpaired) electrons. The van der Waals surface area contributed by atoms with Crippen LogP contribution in [0.5, 0.6) is 0 Å². The van der Waals surface area contributed by atoms with Crippen molar-refractivity contribution in [1.82, 2.24) is 0 Å². The minimum absolute atomic E-state index is 0.0766. The van der Waals surface area contributed by atoms with E-state index in [0.29, 0.717) is 11.1 Å². The molecule has 0 aromatic heterocycles. The van der Waals surface area contributed by atoms with Crippen molar-refractivity contribution in [2.75, 3.05) is 0 Å². The highest BCUT2D eigenvalue weighted by atomic mass is 19.4. The number of carbonyl (C=O) groups is 1. The monoisotopic (exact) mass is 268 g/mol. The minimum Gasteiger partial charge on any atom is -0.294 e. The lowest BCUT2D eigenvalue weighted by atomic mass is 9.76. The zero-order valence-electron chi connectivity index (χ0n) is 10.6. The fraction of sp³-hybridized carbons (Fsp3) is 0.400. The third kappa shape index (κ3) is 3.06. The maximum absolute atomic E-state index is 13.1. The molecule has 0 saturated carbocycles. The van der Waals surface area contributed by atoms with Crippen LogP contribution < -0.4 is 0 Å². The first-order valence-electron chi connectivity index (χ1n) is 6.21.